The number of nitrogens with one attached hydrogen (secondary N) is 2. The van der Waals surface area contributed by atoms with Gasteiger partial charge in [-0.15, -0.1) is 0 Å². The van der Waals surface area contributed by atoms with Gasteiger partial charge in [-0.1, -0.05) is 29.5 Å². The zero-order valence-corrected chi connectivity index (χ0v) is 16.2. The fourth-order valence-corrected chi connectivity index (χ4v) is 4.80. The van der Waals surface area contributed by atoms with E-state index in [2.05, 4.69) is 15.3 Å². The van der Waals surface area contributed by atoms with Crippen LogP contribution >= 0.6 is 11.3 Å². The van der Waals surface area contributed by atoms with Crippen LogP contribution in [0.25, 0.3) is 10.9 Å². The third-order valence-corrected chi connectivity index (χ3v) is 6.47. The van der Waals surface area contributed by atoms with Crippen molar-refractivity contribution in [2.75, 3.05) is 31.6 Å². The summed E-state index contributed by atoms with van der Waals surface area (Å²) >= 11 is 1.56. The monoisotopic (exact) mass is 398 g/mol. The largest absolute Gasteiger partial charge is 0.386 e. The smallest absolute Gasteiger partial charge is 0.270 e. The van der Waals surface area contributed by atoms with Crippen LogP contribution in [0.2, 0.25) is 0 Å². The number of rotatable bonds is 4. The fourth-order valence-electron chi connectivity index (χ4n) is 3.78. The second-order valence-corrected chi connectivity index (χ2v) is 8.60. The average molecular weight is 398 g/mol. The van der Waals surface area contributed by atoms with E-state index >= 15 is 0 Å². The SMILES string of the molecule is O=C(c1cc2ccccc2[nH]1)N1CCc2nc(NCC3(O)CCOC3)sc2C1. The van der Waals surface area contributed by atoms with E-state index in [9.17, 15) is 9.90 Å². The molecule has 3 N–H and O–H groups in total. The number of hydrogen-bond donors (Lipinski definition) is 3. The van der Waals surface area contributed by atoms with Crippen LogP contribution in [0, 0.1) is 0 Å². The lowest BCUT2D eigenvalue weighted by atomic mass is 10.0. The number of benzene rings is 1. The van der Waals surface area contributed by atoms with E-state index in [4.69, 9.17) is 4.74 Å². The molecule has 8 heteroatoms. The lowest BCUT2D eigenvalue weighted by molar-refractivity contribution is 0.0382. The molecule has 7 nitrogen and oxygen atoms in total. The molecular formula is C20H22N4O3S. The van der Waals surface area contributed by atoms with Crippen LogP contribution in [0.3, 0.4) is 0 Å². The minimum Gasteiger partial charge on any atom is -0.386 e. The Hall–Kier alpha value is -2.42. The molecular weight excluding hydrogens is 376 g/mol. The summed E-state index contributed by atoms with van der Waals surface area (Å²) in [5.74, 6) is 0.0159. The molecule has 0 bridgehead atoms. The number of ether oxygens (including phenoxy) is 1. The molecule has 1 aromatic carbocycles. The number of aromatic nitrogens is 2. The van der Waals surface area contributed by atoms with Gasteiger partial charge in [-0.05, 0) is 12.1 Å². The summed E-state index contributed by atoms with van der Waals surface area (Å²) in [4.78, 5) is 23.8. The number of thiazole rings is 1. The van der Waals surface area contributed by atoms with Crippen LogP contribution in [-0.4, -0.2) is 57.8 Å². The first-order valence-electron chi connectivity index (χ1n) is 9.49. The summed E-state index contributed by atoms with van der Waals surface area (Å²) in [7, 11) is 0. The molecule has 2 aliphatic rings. The van der Waals surface area contributed by atoms with Gasteiger partial charge in [0.05, 0.1) is 18.8 Å². The van der Waals surface area contributed by atoms with Crippen LogP contribution in [0.4, 0.5) is 5.13 Å². The van der Waals surface area contributed by atoms with Gasteiger partial charge in [0.1, 0.15) is 11.3 Å². The molecule has 28 heavy (non-hydrogen) atoms. The number of H-pyrrole nitrogens is 1. The molecule has 0 spiro atoms. The number of nitrogens with zero attached hydrogens (tertiary/aromatic N) is 2. The van der Waals surface area contributed by atoms with E-state index in [0.29, 0.717) is 45.0 Å². The zero-order chi connectivity index (χ0) is 19.1. The highest BCUT2D eigenvalue weighted by Crippen LogP contribution is 2.30. The van der Waals surface area contributed by atoms with Crippen LogP contribution in [0.15, 0.2) is 30.3 Å². The van der Waals surface area contributed by atoms with Crippen LogP contribution in [-0.2, 0) is 17.7 Å². The van der Waals surface area contributed by atoms with Crippen molar-refractivity contribution in [2.24, 2.45) is 0 Å². The van der Waals surface area contributed by atoms with E-state index < -0.39 is 5.60 Å². The van der Waals surface area contributed by atoms with Gasteiger partial charge in [-0.2, -0.15) is 0 Å². The van der Waals surface area contributed by atoms with E-state index in [1.165, 1.54) is 0 Å². The number of aromatic amines is 1. The first-order chi connectivity index (χ1) is 13.6. The van der Waals surface area contributed by atoms with Crippen molar-refractivity contribution >= 4 is 33.3 Å². The van der Waals surface area contributed by atoms with Gasteiger partial charge in [0.2, 0.25) is 0 Å². The van der Waals surface area contributed by atoms with Crippen LogP contribution in [0.5, 0.6) is 0 Å². The average Bonchev–Trinajstić information content (AvgIpc) is 3.42. The van der Waals surface area contributed by atoms with E-state index in [1.54, 1.807) is 11.3 Å². The van der Waals surface area contributed by atoms with Gasteiger partial charge in [0.25, 0.3) is 5.91 Å². The Kier molecular flexibility index (Phi) is 4.34. The van der Waals surface area contributed by atoms with Crippen molar-refractivity contribution in [3.05, 3.63) is 46.6 Å². The number of carbonyl (C=O) groups is 1. The maximum atomic E-state index is 12.9. The van der Waals surface area contributed by atoms with Gasteiger partial charge in [-0.25, -0.2) is 4.98 Å². The van der Waals surface area contributed by atoms with Gasteiger partial charge in [-0.3, -0.25) is 4.79 Å². The highest BCUT2D eigenvalue weighted by Gasteiger charge is 2.32. The summed E-state index contributed by atoms with van der Waals surface area (Å²) in [5, 5.41) is 15.5. The lowest BCUT2D eigenvalue weighted by Gasteiger charge is -2.25. The lowest BCUT2D eigenvalue weighted by Crippen LogP contribution is -2.37. The third-order valence-electron chi connectivity index (χ3n) is 5.43. The topological polar surface area (TPSA) is 90.5 Å². The van der Waals surface area contributed by atoms with Crippen LogP contribution in [0.1, 0.15) is 27.5 Å². The molecule has 4 heterocycles. The number of anilines is 1. The second-order valence-electron chi connectivity index (χ2n) is 7.52. The minimum absolute atomic E-state index is 0.0159. The first-order valence-corrected chi connectivity index (χ1v) is 10.3. The number of carbonyl (C=O) groups excluding carboxylic acids is 1. The Bertz CT molecular complexity index is 989. The van der Waals surface area contributed by atoms with Gasteiger partial charge in [0, 0.05) is 48.3 Å². The zero-order valence-electron chi connectivity index (χ0n) is 15.4. The van der Waals surface area contributed by atoms with E-state index in [-0.39, 0.29) is 5.91 Å². The second kappa shape index (κ2) is 6.88. The minimum atomic E-state index is -0.816. The summed E-state index contributed by atoms with van der Waals surface area (Å²) < 4.78 is 5.28. The number of para-hydroxylation sites is 1. The Morgan fingerprint density at radius 1 is 1.43 bits per heavy atom. The molecule has 3 aromatic rings. The predicted octanol–water partition coefficient (Wildman–Crippen LogP) is 2.39. The number of hydrogen-bond acceptors (Lipinski definition) is 6. The van der Waals surface area contributed by atoms with Crippen molar-refractivity contribution < 1.29 is 14.6 Å². The third kappa shape index (κ3) is 3.28. The molecule has 146 valence electrons. The molecule has 1 unspecified atom stereocenters. The van der Waals surface area contributed by atoms with E-state index in [0.717, 1.165) is 33.0 Å². The molecule has 2 aliphatic heterocycles. The number of amides is 1. The summed E-state index contributed by atoms with van der Waals surface area (Å²) in [5.41, 5.74) is 1.82. The first kappa shape index (κ1) is 17.7. The van der Waals surface area contributed by atoms with Crippen molar-refractivity contribution in [3.63, 3.8) is 0 Å². The highest BCUT2D eigenvalue weighted by atomic mass is 32.1. The van der Waals surface area contributed by atoms with Crippen molar-refractivity contribution in [3.8, 4) is 0 Å². The van der Waals surface area contributed by atoms with Gasteiger partial charge >= 0.3 is 0 Å². The molecule has 1 saturated heterocycles. The Balaban J connectivity index is 1.28. The molecule has 2 aromatic heterocycles. The Morgan fingerprint density at radius 2 is 2.32 bits per heavy atom. The van der Waals surface area contributed by atoms with E-state index in [1.807, 2.05) is 35.2 Å². The fraction of sp³-hybridized carbons (Fsp3) is 0.400. The quantitative estimate of drug-likeness (QED) is 0.628. The Morgan fingerprint density at radius 3 is 3.14 bits per heavy atom. The Labute approximate surface area is 166 Å². The highest BCUT2D eigenvalue weighted by molar-refractivity contribution is 7.15. The molecule has 1 fully saturated rings. The standard InChI is InChI=1S/C20H22N4O3S/c25-18(16-9-13-3-1-2-4-14(13)22-16)24-7-5-15-17(10-24)28-19(23-15)21-11-20(26)6-8-27-12-20/h1-4,9,22,26H,5-8,10-12H2,(H,21,23). The molecule has 5 rings (SSSR count). The van der Waals surface area contributed by atoms with Crippen LogP contribution < -0.4 is 5.32 Å². The molecule has 0 saturated carbocycles. The number of fused-ring (bicyclic) bond motifs is 2. The molecule has 1 amide bonds. The normalized spacial score (nSPS) is 21.8. The van der Waals surface area contributed by atoms with Gasteiger partial charge < -0.3 is 25.0 Å². The maximum Gasteiger partial charge on any atom is 0.270 e. The van der Waals surface area contributed by atoms with Gasteiger partial charge in [0.15, 0.2) is 5.13 Å². The molecule has 1 atom stereocenters. The number of aliphatic hydroxyl groups is 1. The molecule has 0 aliphatic carbocycles. The molecule has 0 radical (unpaired) electrons. The van der Waals surface area contributed by atoms with Crippen molar-refractivity contribution in [1.29, 1.82) is 0 Å². The summed E-state index contributed by atoms with van der Waals surface area (Å²) in [6.45, 7) is 2.60. The van der Waals surface area contributed by atoms with Crippen molar-refractivity contribution in [2.45, 2.75) is 25.0 Å². The summed E-state index contributed by atoms with van der Waals surface area (Å²) in [6.07, 6.45) is 1.38. The maximum absolute atomic E-state index is 12.9. The predicted molar refractivity (Wildman–Crippen MR) is 108 cm³/mol. The van der Waals surface area contributed by atoms with Crippen molar-refractivity contribution in [1.82, 2.24) is 14.9 Å². The summed E-state index contributed by atoms with van der Waals surface area (Å²) in [6, 6.07) is 9.82.